The van der Waals surface area contributed by atoms with Gasteiger partial charge in [0, 0.05) is 12.8 Å². The molecule has 1 aliphatic rings. The van der Waals surface area contributed by atoms with Gasteiger partial charge in [0.05, 0.1) is 5.56 Å². The second-order valence-electron chi connectivity index (χ2n) is 4.68. The highest BCUT2D eigenvalue weighted by Crippen LogP contribution is 2.29. The smallest absolute Gasteiger partial charge is 0.416 e. The fraction of sp³-hybridized carbons (Fsp3) is 0.385. The van der Waals surface area contributed by atoms with Gasteiger partial charge < -0.3 is 15.2 Å². The van der Waals surface area contributed by atoms with Crippen LogP contribution in [0, 0.1) is 0 Å². The Morgan fingerprint density at radius 1 is 1.43 bits per heavy atom. The monoisotopic (exact) mass is 303 g/mol. The molecule has 1 amide bonds. The number of benzene rings is 1. The maximum atomic E-state index is 12.5. The normalized spacial score (nSPS) is 22.0. The summed E-state index contributed by atoms with van der Waals surface area (Å²) >= 11 is 0. The number of esters is 1. The van der Waals surface area contributed by atoms with Gasteiger partial charge >= 0.3 is 12.1 Å². The first-order chi connectivity index (χ1) is 9.71. The van der Waals surface area contributed by atoms with Gasteiger partial charge in [-0.3, -0.25) is 4.79 Å². The Morgan fingerprint density at radius 3 is 2.71 bits per heavy atom. The Morgan fingerprint density at radius 2 is 2.14 bits per heavy atom. The highest BCUT2D eigenvalue weighted by Gasteiger charge is 2.44. The molecule has 1 atom stereocenters. The predicted octanol–water partition coefficient (Wildman–Crippen LogP) is 1.35. The molecule has 0 spiro atoms. The Balaban J connectivity index is 2.00. The highest BCUT2D eigenvalue weighted by molar-refractivity contribution is 5.90. The van der Waals surface area contributed by atoms with Crippen LogP contribution >= 0.6 is 0 Å². The van der Waals surface area contributed by atoms with Crippen molar-refractivity contribution in [3.8, 4) is 0 Å². The largest absolute Gasteiger partial charge is 0.457 e. The van der Waals surface area contributed by atoms with Gasteiger partial charge in [0.2, 0.25) is 11.6 Å². The van der Waals surface area contributed by atoms with Crippen LogP contribution < -0.4 is 5.32 Å². The van der Waals surface area contributed by atoms with Crippen LogP contribution in [0.5, 0.6) is 0 Å². The number of halogens is 3. The fourth-order valence-corrected chi connectivity index (χ4v) is 1.91. The average Bonchev–Trinajstić information content (AvgIpc) is 2.76. The summed E-state index contributed by atoms with van der Waals surface area (Å²) in [6.45, 7) is -0.430. The lowest BCUT2D eigenvalue weighted by Crippen LogP contribution is -2.49. The summed E-state index contributed by atoms with van der Waals surface area (Å²) in [6.07, 6.45) is -4.64. The molecule has 0 bridgehead atoms. The Labute approximate surface area is 117 Å². The van der Waals surface area contributed by atoms with Crippen molar-refractivity contribution in [2.24, 2.45) is 0 Å². The number of aliphatic hydroxyl groups is 1. The van der Waals surface area contributed by atoms with Gasteiger partial charge in [-0.2, -0.15) is 13.2 Å². The maximum absolute atomic E-state index is 12.5. The van der Waals surface area contributed by atoms with Crippen molar-refractivity contribution in [2.45, 2.75) is 31.3 Å². The molecular weight excluding hydrogens is 291 g/mol. The van der Waals surface area contributed by atoms with Crippen LogP contribution in [0.2, 0.25) is 0 Å². The van der Waals surface area contributed by atoms with Crippen LogP contribution in [0.1, 0.15) is 24.0 Å². The lowest BCUT2D eigenvalue weighted by Gasteiger charge is -2.20. The van der Waals surface area contributed by atoms with Gasteiger partial charge in [-0.15, -0.1) is 0 Å². The molecule has 5 nitrogen and oxygen atoms in total. The van der Waals surface area contributed by atoms with Crippen LogP contribution in [0.25, 0.3) is 0 Å². The lowest BCUT2D eigenvalue weighted by molar-refractivity contribution is -0.169. The predicted molar refractivity (Wildman–Crippen MR) is 63.6 cm³/mol. The third kappa shape index (κ3) is 3.52. The van der Waals surface area contributed by atoms with Crippen molar-refractivity contribution in [3.63, 3.8) is 0 Å². The molecule has 1 heterocycles. The summed E-state index contributed by atoms with van der Waals surface area (Å²) in [4.78, 5) is 22.6. The fourth-order valence-electron chi connectivity index (χ4n) is 1.91. The third-order valence-electron chi connectivity index (χ3n) is 3.02. The summed E-state index contributed by atoms with van der Waals surface area (Å²) in [5.74, 6) is -1.58. The minimum Gasteiger partial charge on any atom is -0.457 e. The molecule has 0 aromatic heterocycles. The zero-order chi connectivity index (χ0) is 15.7. The van der Waals surface area contributed by atoms with Crippen molar-refractivity contribution in [1.82, 2.24) is 5.32 Å². The molecule has 2 rings (SSSR count). The first-order valence-corrected chi connectivity index (χ1v) is 6.07. The van der Waals surface area contributed by atoms with E-state index in [1.54, 1.807) is 0 Å². The van der Waals surface area contributed by atoms with Gasteiger partial charge in [-0.1, -0.05) is 12.1 Å². The average molecular weight is 303 g/mol. The summed E-state index contributed by atoms with van der Waals surface area (Å²) in [5, 5.41) is 11.9. The highest BCUT2D eigenvalue weighted by atomic mass is 19.4. The van der Waals surface area contributed by atoms with E-state index in [2.05, 4.69) is 5.32 Å². The molecular formula is C13H12F3NO4. The third-order valence-corrected chi connectivity index (χ3v) is 3.02. The molecule has 0 saturated carbocycles. The molecule has 1 unspecified atom stereocenters. The van der Waals surface area contributed by atoms with E-state index in [0.717, 1.165) is 12.1 Å². The molecule has 1 fully saturated rings. The molecule has 1 saturated heterocycles. The van der Waals surface area contributed by atoms with E-state index < -0.39 is 35.9 Å². The molecule has 2 N–H and O–H groups in total. The Kier molecular flexibility index (Phi) is 3.91. The van der Waals surface area contributed by atoms with Crippen molar-refractivity contribution in [2.75, 3.05) is 0 Å². The van der Waals surface area contributed by atoms with E-state index in [0.29, 0.717) is 0 Å². The maximum Gasteiger partial charge on any atom is 0.416 e. The number of rotatable bonds is 3. The topological polar surface area (TPSA) is 75.6 Å². The minimum atomic E-state index is -4.49. The standard InChI is InChI=1S/C13H12F3NO4/c14-13(15,16)9-3-1-2-8(6-9)7-21-11(19)12(20)5-4-10(18)17-12/h1-3,6,20H,4-5,7H2,(H,17,18). The van der Waals surface area contributed by atoms with Gasteiger partial charge in [0.1, 0.15) is 6.61 Å². The summed E-state index contributed by atoms with van der Waals surface area (Å²) in [7, 11) is 0. The number of hydrogen-bond donors (Lipinski definition) is 2. The SMILES string of the molecule is O=C1CCC(O)(C(=O)OCc2cccc(C(F)(F)F)c2)N1. The lowest BCUT2D eigenvalue weighted by atomic mass is 10.1. The second-order valence-corrected chi connectivity index (χ2v) is 4.68. The second kappa shape index (κ2) is 5.36. The molecule has 114 valence electrons. The van der Waals surface area contributed by atoms with Gasteiger partial charge in [0.25, 0.3) is 0 Å². The number of alkyl halides is 3. The van der Waals surface area contributed by atoms with Gasteiger partial charge in [-0.25, -0.2) is 4.79 Å². The van der Waals surface area contributed by atoms with Crippen LogP contribution in [0.4, 0.5) is 13.2 Å². The van der Waals surface area contributed by atoms with E-state index in [1.807, 2.05) is 0 Å². The van der Waals surface area contributed by atoms with Crippen LogP contribution in [-0.2, 0) is 27.1 Å². The quantitative estimate of drug-likeness (QED) is 0.827. The number of carbonyl (C=O) groups excluding carboxylic acids is 2. The van der Waals surface area contributed by atoms with Crippen LogP contribution in [0.3, 0.4) is 0 Å². The Hall–Kier alpha value is -2.09. The molecule has 21 heavy (non-hydrogen) atoms. The van der Waals surface area contributed by atoms with E-state index in [1.165, 1.54) is 12.1 Å². The number of amides is 1. The summed E-state index contributed by atoms with van der Waals surface area (Å²) < 4.78 is 42.3. The number of ether oxygens (including phenoxy) is 1. The molecule has 1 aromatic rings. The van der Waals surface area contributed by atoms with Gasteiger partial charge in [-0.05, 0) is 17.7 Å². The minimum absolute atomic E-state index is 0.0187. The zero-order valence-electron chi connectivity index (χ0n) is 10.7. The molecule has 8 heteroatoms. The molecule has 1 aromatic carbocycles. The van der Waals surface area contributed by atoms with Gasteiger partial charge in [0.15, 0.2) is 0 Å². The van der Waals surface area contributed by atoms with E-state index in [4.69, 9.17) is 4.74 Å². The van der Waals surface area contributed by atoms with Crippen molar-refractivity contribution in [1.29, 1.82) is 0 Å². The van der Waals surface area contributed by atoms with Crippen molar-refractivity contribution in [3.05, 3.63) is 35.4 Å². The Bertz CT molecular complexity index is 573. The van der Waals surface area contributed by atoms with Crippen molar-refractivity contribution >= 4 is 11.9 Å². The number of nitrogens with one attached hydrogen (secondary N) is 1. The molecule has 0 radical (unpaired) electrons. The van der Waals surface area contributed by atoms with E-state index in [9.17, 15) is 27.9 Å². The number of hydrogen-bond acceptors (Lipinski definition) is 4. The van der Waals surface area contributed by atoms with Crippen LogP contribution in [-0.4, -0.2) is 22.7 Å². The van der Waals surface area contributed by atoms with Crippen LogP contribution in [0.15, 0.2) is 24.3 Å². The van der Waals surface area contributed by atoms with E-state index in [-0.39, 0.29) is 18.4 Å². The summed E-state index contributed by atoms with van der Waals surface area (Å²) in [5.41, 5.74) is -2.83. The van der Waals surface area contributed by atoms with E-state index >= 15 is 0 Å². The zero-order valence-corrected chi connectivity index (χ0v) is 10.7. The molecule has 0 aliphatic carbocycles. The van der Waals surface area contributed by atoms with Crippen molar-refractivity contribution < 1.29 is 32.6 Å². The molecule has 1 aliphatic heterocycles. The summed E-state index contributed by atoms with van der Waals surface area (Å²) in [6, 6.07) is 4.30. The number of carbonyl (C=O) groups is 2. The first kappa shape index (κ1) is 15.3. The first-order valence-electron chi connectivity index (χ1n) is 6.07.